The number of para-hydroxylation sites is 2. The first-order chi connectivity index (χ1) is 9.02. The molecule has 1 heterocycles. The third-order valence-corrected chi connectivity index (χ3v) is 3.38. The van der Waals surface area contributed by atoms with E-state index in [1.165, 1.54) is 0 Å². The van der Waals surface area contributed by atoms with Gasteiger partial charge < -0.3 is 9.84 Å². The van der Waals surface area contributed by atoms with E-state index < -0.39 is 6.10 Å². The van der Waals surface area contributed by atoms with Gasteiger partial charge in [0, 0.05) is 7.11 Å². The summed E-state index contributed by atoms with van der Waals surface area (Å²) in [5, 5.41) is 10.2. The number of hydrogen-bond acceptors (Lipinski definition) is 4. The molecule has 2 rings (SSSR count). The van der Waals surface area contributed by atoms with Crippen LogP contribution in [0, 0.1) is 0 Å². The maximum atomic E-state index is 10.2. The largest absolute Gasteiger partial charge is 0.387 e. The molecule has 2 aromatic rings. The van der Waals surface area contributed by atoms with Crippen LogP contribution in [-0.2, 0) is 4.74 Å². The minimum atomic E-state index is -0.605. The second-order valence-corrected chi connectivity index (χ2v) is 5.30. The van der Waals surface area contributed by atoms with Gasteiger partial charge in [0.15, 0.2) is 0 Å². The zero-order chi connectivity index (χ0) is 13.9. The van der Waals surface area contributed by atoms with Crippen molar-refractivity contribution in [3.05, 3.63) is 36.2 Å². The van der Waals surface area contributed by atoms with Crippen molar-refractivity contribution in [2.45, 2.75) is 38.4 Å². The molecule has 1 N–H and O–H groups in total. The highest BCUT2D eigenvalue weighted by Gasteiger charge is 2.19. The fraction of sp³-hybridized carbons (Fsp3) is 0.467. The molecule has 1 atom stereocenters. The molecule has 0 amide bonds. The second-order valence-electron chi connectivity index (χ2n) is 5.30. The highest BCUT2D eigenvalue weighted by molar-refractivity contribution is 5.73. The lowest BCUT2D eigenvalue weighted by Crippen LogP contribution is -2.23. The minimum absolute atomic E-state index is 0.231. The first-order valence-electron chi connectivity index (χ1n) is 6.47. The maximum absolute atomic E-state index is 10.2. The van der Waals surface area contributed by atoms with E-state index in [0.717, 1.165) is 17.5 Å². The molecule has 1 aromatic heterocycles. The second kappa shape index (κ2) is 5.63. The number of ether oxygens (including phenoxy) is 1. The summed E-state index contributed by atoms with van der Waals surface area (Å²) in [6.07, 6.45) is 2.41. The van der Waals surface area contributed by atoms with Gasteiger partial charge in [-0.25, -0.2) is 4.98 Å². The van der Waals surface area contributed by atoms with Crippen molar-refractivity contribution in [1.29, 1.82) is 0 Å². The zero-order valence-electron chi connectivity index (χ0n) is 11.6. The summed E-state index contributed by atoms with van der Waals surface area (Å²) >= 11 is 0. The van der Waals surface area contributed by atoms with Crippen LogP contribution in [0.15, 0.2) is 30.5 Å². The van der Waals surface area contributed by atoms with Gasteiger partial charge in [0.2, 0.25) is 0 Å². The van der Waals surface area contributed by atoms with E-state index >= 15 is 0 Å². The highest BCUT2D eigenvalue weighted by Crippen LogP contribution is 2.23. The lowest BCUT2D eigenvalue weighted by atomic mass is 9.99. The van der Waals surface area contributed by atoms with Crippen molar-refractivity contribution < 1.29 is 9.84 Å². The van der Waals surface area contributed by atoms with E-state index in [0.29, 0.717) is 12.1 Å². The smallest absolute Gasteiger partial charge is 0.0976 e. The first-order valence-corrected chi connectivity index (χ1v) is 6.47. The number of nitrogens with zero attached hydrogens (tertiary/aromatic N) is 2. The van der Waals surface area contributed by atoms with Crippen LogP contribution in [0.4, 0.5) is 0 Å². The molecule has 0 saturated carbocycles. The molecular formula is C15H20N2O2. The Kier molecular flexibility index (Phi) is 4.12. The van der Waals surface area contributed by atoms with E-state index in [9.17, 15) is 5.11 Å². The molecule has 0 aliphatic rings. The van der Waals surface area contributed by atoms with Gasteiger partial charge in [-0.05, 0) is 38.8 Å². The normalized spacial score (nSPS) is 13.7. The third kappa shape index (κ3) is 3.49. The van der Waals surface area contributed by atoms with E-state index in [1.807, 2.05) is 38.1 Å². The molecule has 102 valence electrons. The van der Waals surface area contributed by atoms with Crippen molar-refractivity contribution in [1.82, 2.24) is 9.97 Å². The first kappa shape index (κ1) is 13.9. The van der Waals surface area contributed by atoms with Crippen LogP contribution in [0.25, 0.3) is 11.0 Å². The molecule has 0 spiro atoms. The Morgan fingerprint density at radius 3 is 2.63 bits per heavy atom. The number of hydrogen-bond donors (Lipinski definition) is 1. The lowest BCUT2D eigenvalue weighted by Gasteiger charge is -2.24. The van der Waals surface area contributed by atoms with Gasteiger partial charge in [0.05, 0.1) is 34.6 Å². The van der Waals surface area contributed by atoms with E-state index in [-0.39, 0.29) is 5.60 Å². The molecule has 4 heteroatoms. The number of aromatic nitrogens is 2. The molecular weight excluding hydrogens is 240 g/mol. The molecule has 0 aliphatic heterocycles. The Morgan fingerprint density at radius 1 is 1.26 bits per heavy atom. The van der Waals surface area contributed by atoms with Gasteiger partial charge >= 0.3 is 0 Å². The monoisotopic (exact) mass is 260 g/mol. The van der Waals surface area contributed by atoms with Crippen molar-refractivity contribution >= 4 is 11.0 Å². The van der Waals surface area contributed by atoms with E-state index in [1.54, 1.807) is 13.3 Å². The number of benzene rings is 1. The van der Waals surface area contributed by atoms with Crippen LogP contribution in [-0.4, -0.2) is 27.8 Å². The molecule has 0 aliphatic carbocycles. The highest BCUT2D eigenvalue weighted by atomic mass is 16.5. The van der Waals surface area contributed by atoms with E-state index in [4.69, 9.17) is 4.74 Å². The van der Waals surface area contributed by atoms with Crippen LogP contribution >= 0.6 is 0 Å². The average Bonchev–Trinajstić information content (AvgIpc) is 2.44. The molecule has 19 heavy (non-hydrogen) atoms. The molecule has 0 fully saturated rings. The Hall–Kier alpha value is -1.52. The average molecular weight is 260 g/mol. The number of methoxy groups -OCH3 is 1. The molecule has 1 unspecified atom stereocenters. The van der Waals surface area contributed by atoms with Crippen molar-refractivity contribution in [3.63, 3.8) is 0 Å². The predicted octanol–water partition coefficient (Wildman–Crippen LogP) is 2.87. The van der Waals surface area contributed by atoms with Gasteiger partial charge in [0.25, 0.3) is 0 Å². The molecule has 0 saturated heterocycles. The van der Waals surface area contributed by atoms with Gasteiger partial charge in [-0.3, -0.25) is 4.98 Å². The summed E-state index contributed by atoms with van der Waals surface area (Å²) in [7, 11) is 1.68. The number of rotatable bonds is 5. The van der Waals surface area contributed by atoms with Gasteiger partial charge in [-0.2, -0.15) is 0 Å². The Bertz CT molecular complexity index is 555. The summed E-state index contributed by atoms with van der Waals surface area (Å²) < 4.78 is 5.35. The fourth-order valence-electron chi connectivity index (χ4n) is 1.87. The van der Waals surface area contributed by atoms with Crippen LogP contribution in [0.1, 0.15) is 38.5 Å². The van der Waals surface area contributed by atoms with Crippen LogP contribution < -0.4 is 0 Å². The third-order valence-electron chi connectivity index (χ3n) is 3.38. The van der Waals surface area contributed by atoms with Crippen molar-refractivity contribution in [2.75, 3.05) is 7.11 Å². The Morgan fingerprint density at radius 2 is 1.95 bits per heavy atom. The predicted molar refractivity (Wildman–Crippen MR) is 74.8 cm³/mol. The molecule has 0 bridgehead atoms. The van der Waals surface area contributed by atoms with Gasteiger partial charge in [0.1, 0.15) is 0 Å². The quantitative estimate of drug-likeness (QED) is 0.898. The van der Waals surface area contributed by atoms with Crippen LogP contribution in [0.2, 0.25) is 0 Å². The topological polar surface area (TPSA) is 55.2 Å². The van der Waals surface area contributed by atoms with Gasteiger partial charge in [-0.15, -0.1) is 0 Å². The van der Waals surface area contributed by atoms with Crippen molar-refractivity contribution in [2.24, 2.45) is 0 Å². The molecule has 1 aromatic carbocycles. The Labute approximate surface area is 113 Å². The fourth-order valence-corrected chi connectivity index (χ4v) is 1.87. The van der Waals surface area contributed by atoms with Gasteiger partial charge in [-0.1, -0.05) is 12.1 Å². The zero-order valence-corrected chi connectivity index (χ0v) is 11.6. The van der Waals surface area contributed by atoms with E-state index in [2.05, 4.69) is 9.97 Å². The summed E-state index contributed by atoms with van der Waals surface area (Å²) in [6, 6.07) is 7.65. The molecule has 4 nitrogen and oxygen atoms in total. The summed E-state index contributed by atoms with van der Waals surface area (Å²) in [5.74, 6) is 0. The maximum Gasteiger partial charge on any atom is 0.0976 e. The lowest BCUT2D eigenvalue weighted by molar-refractivity contribution is 0.00241. The summed E-state index contributed by atoms with van der Waals surface area (Å²) in [5.41, 5.74) is 2.04. The molecule has 0 radical (unpaired) electrons. The van der Waals surface area contributed by atoms with Crippen molar-refractivity contribution in [3.8, 4) is 0 Å². The number of aliphatic hydroxyl groups is 1. The Balaban J connectivity index is 2.11. The SMILES string of the molecule is COC(C)(C)CCC(O)c1cnc2ccccc2n1. The minimum Gasteiger partial charge on any atom is -0.387 e. The number of aliphatic hydroxyl groups excluding tert-OH is 1. The summed E-state index contributed by atoms with van der Waals surface area (Å²) in [6.45, 7) is 4.01. The number of fused-ring (bicyclic) bond motifs is 1. The van der Waals surface area contributed by atoms with Crippen LogP contribution in [0.3, 0.4) is 0 Å². The standard InChI is InChI=1S/C15H20N2O2/c1-15(2,19-3)9-8-14(18)13-10-16-11-6-4-5-7-12(11)17-13/h4-7,10,14,18H,8-9H2,1-3H3. The van der Waals surface area contributed by atoms with Crippen LogP contribution in [0.5, 0.6) is 0 Å². The summed E-state index contributed by atoms with van der Waals surface area (Å²) in [4.78, 5) is 8.76.